The molecule has 1 saturated heterocycles. The van der Waals surface area contributed by atoms with Crippen LogP contribution in [0.3, 0.4) is 0 Å². The minimum atomic E-state index is 0.121. The van der Waals surface area contributed by atoms with Crippen molar-refractivity contribution in [2.24, 2.45) is 0 Å². The molecule has 2 heterocycles. The second-order valence-corrected chi connectivity index (χ2v) is 5.36. The van der Waals surface area contributed by atoms with Crippen molar-refractivity contribution in [3.05, 3.63) is 32.7 Å². The van der Waals surface area contributed by atoms with Gasteiger partial charge in [0.25, 0.3) is 5.56 Å². The lowest BCUT2D eigenvalue weighted by molar-refractivity contribution is 0.359. The molecule has 1 atom stereocenters. The summed E-state index contributed by atoms with van der Waals surface area (Å²) >= 11 is 3.43. The summed E-state index contributed by atoms with van der Waals surface area (Å²) in [7, 11) is 0. The maximum absolute atomic E-state index is 11.9. The number of hydrogen-bond donors (Lipinski definition) is 1. The van der Waals surface area contributed by atoms with Crippen molar-refractivity contribution in [3.63, 3.8) is 0 Å². The molecule has 1 aromatic rings. The molecular formula is C12H17BrN2O. The van der Waals surface area contributed by atoms with E-state index in [0.29, 0.717) is 6.04 Å². The monoisotopic (exact) mass is 284 g/mol. The highest BCUT2D eigenvalue weighted by molar-refractivity contribution is 9.10. The first-order chi connectivity index (χ1) is 7.66. The second-order valence-electron chi connectivity index (χ2n) is 4.45. The zero-order valence-corrected chi connectivity index (χ0v) is 11.1. The molecular weight excluding hydrogens is 268 g/mol. The quantitative estimate of drug-likeness (QED) is 0.902. The summed E-state index contributed by atoms with van der Waals surface area (Å²) in [6.45, 7) is 3.71. The van der Waals surface area contributed by atoms with Gasteiger partial charge in [0.05, 0.1) is 0 Å². The number of halogens is 1. The third-order valence-electron chi connectivity index (χ3n) is 3.06. The Hall–Kier alpha value is -0.610. The third kappa shape index (κ3) is 2.74. The average Bonchev–Trinajstić information content (AvgIpc) is 2.27. The Labute approximate surface area is 104 Å². The maximum atomic E-state index is 11.9. The number of hydrogen-bond acceptors (Lipinski definition) is 2. The topological polar surface area (TPSA) is 34.0 Å². The van der Waals surface area contributed by atoms with E-state index in [4.69, 9.17) is 0 Å². The highest BCUT2D eigenvalue weighted by atomic mass is 79.9. The van der Waals surface area contributed by atoms with Crippen molar-refractivity contribution in [1.29, 1.82) is 0 Å². The summed E-state index contributed by atoms with van der Waals surface area (Å²) in [6, 6.07) is 2.31. The third-order valence-corrected chi connectivity index (χ3v) is 3.49. The fraction of sp³-hybridized carbons (Fsp3) is 0.583. The molecule has 0 amide bonds. The van der Waals surface area contributed by atoms with Gasteiger partial charge in [0.1, 0.15) is 0 Å². The SMILES string of the molecule is Cc1cc(Br)cn(CC2CCCCN2)c1=O. The van der Waals surface area contributed by atoms with Crippen LogP contribution in [0.25, 0.3) is 0 Å². The Morgan fingerprint density at radius 1 is 1.56 bits per heavy atom. The van der Waals surface area contributed by atoms with Gasteiger partial charge in [0.15, 0.2) is 0 Å². The fourth-order valence-corrected chi connectivity index (χ4v) is 2.78. The molecule has 1 aliphatic heterocycles. The van der Waals surface area contributed by atoms with Crippen LogP contribution in [0, 0.1) is 6.92 Å². The highest BCUT2D eigenvalue weighted by Crippen LogP contribution is 2.11. The van der Waals surface area contributed by atoms with Gasteiger partial charge in [-0.2, -0.15) is 0 Å². The van der Waals surface area contributed by atoms with Crippen molar-refractivity contribution < 1.29 is 0 Å². The van der Waals surface area contributed by atoms with Crippen LogP contribution >= 0.6 is 15.9 Å². The Bertz CT molecular complexity index is 422. The first-order valence-electron chi connectivity index (χ1n) is 5.77. The molecule has 1 aromatic heterocycles. The summed E-state index contributed by atoms with van der Waals surface area (Å²) in [6.07, 6.45) is 5.56. The Balaban J connectivity index is 2.17. The Morgan fingerprint density at radius 3 is 3.06 bits per heavy atom. The van der Waals surface area contributed by atoms with Crippen LogP contribution in [0.4, 0.5) is 0 Å². The molecule has 3 nitrogen and oxygen atoms in total. The number of aromatic nitrogens is 1. The van der Waals surface area contributed by atoms with Crippen LogP contribution in [-0.2, 0) is 6.54 Å². The predicted octanol–water partition coefficient (Wildman–Crippen LogP) is 2.06. The van der Waals surface area contributed by atoms with E-state index in [2.05, 4.69) is 21.2 Å². The van der Waals surface area contributed by atoms with E-state index in [1.807, 2.05) is 23.8 Å². The molecule has 1 unspecified atom stereocenters. The van der Waals surface area contributed by atoms with Crippen molar-refractivity contribution >= 4 is 15.9 Å². The fourth-order valence-electron chi connectivity index (χ4n) is 2.19. The van der Waals surface area contributed by atoms with E-state index in [9.17, 15) is 4.79 Å². The van der Waals surface area contributed by atoms with E-state index in [1.165, 1.54) is 12.8 Å². The normalized spacial score (nSPS) is 21.0. The van der Waals surface area contributed by atoms with Crippen LogP contribution in [0.5, 0.6) is 0 Å². The van der Waals surface area contributed by atoms with Gasteiger partial charge in [-0.1, -0.05) is 6.42 Å². The summed E-state index contributed by atoms with van der Waals surface area (Å²) in [5.41, 5.74) is 0.917. The van der Waals surface area contributed by atoms with E-state index in [1.54, 1.807) is 0 Å². The van der Waals surface area contributed by atoms with Crippen LogP contribution in [0.15, 0.2) is 21.5 Å². The number of piperidine rings is 1. The standard InChI is InChI=1S/C12H17BrN2O/c1-9-6-10(13)7-15(12(9)16)8-11-4-2-3-5-14-11/h6-7,11,14H,2-5,8H2,1H3. The van der Waals surface area contributed by atoms with Crippen LogP contribution < -0.4 is 10.9 Å². The molecule has 4 heteroatoms. The van der Waals surface area contributed by atoms with Crippen molar-refractivity contribution in [2.45, 2.75) is 38.8 Å². The number of nitrogens with zero attached hydrogens (tertiary/aromatic N) is 1. The molecule has 0 bridgehead atoms. The van der Waals surface area contributed by atoms with E-state index in [0.717, 1.165) is 29.5 Å². The lowest BCUT2D eigenvalue weighted by atomic mass is 10.1. The van der Waals surface area contributed by atoms with Gasteiger partial charge >= 0.3 is 0 Å². The largest absolute Gasteiger partial charge is 0.313 e. The second kappa shape index (κ2) is 5.15. The van der Waals surface area contributed by atoms with Gasteiger partial charge in [0.2, 0.25) is 0 Å². The van der Waals surface area contributed by atoms with Gasteiger partial charge in [-0.15, -0.1) is 0 Å². The average molecular weight is 285 g/mol. The lowest BCUT2D eigenvalue weighted by Crippen LogP contribution is -2.39. The number of aryl methyl sites for hydroxylation is 1. The molecule has 0 saturated carbocycles. The molecule has 0 spiro atoms. The number of rotatable bonds is 2. The first kappa shape index (κ1) is 11.9. The van der Waals surface area contributed by atoms with E-state index >= 15 is 0 Å². The lowest BCUT2D eigenvalue weighted by Gasteiger charge is -2.24. The molecule has 1 N–H and O–H groups in total. The van der Waals surface area contributed by atoms with E-state index < -0.39 is 0 Å². The van der Waals surface area contributed by atoms with Gasteiger partial charge in [0, 0.05) is 28.8 Å². The predicted molar refractivity (Wildman–Crippen MR) is 68.8 cm³/mol. The van der Waals surface area contributed by atoms with Gasteiger partial charge in [-0.3, -0.25) is 4.79 Å². The summed E-state index contributed by atoms with van der Waals surface area (Å²) in [5.74, 6) is 0. The molecule has 0 aliphatic carbocycles. The summed E-state index contributed by atoms with van der Waals surface area (Å²) in [4.78, 5) is 11.9. The smallest absolute Gasteiger partial charge is 0.253 e. The van der Waals surface area contributed by atoms with Crippen molar-refractivity contribution in [1.82, 2.24) is 9.88 Å². The van der Waals surface area contributed by atoms with Crippen LogP contribution in [0.1, 0.15) is 24.8 Å². The molecule has 1 fully saturated rings. The van der Waals surface area contributed by atoms with Gasteiger partial charge < -0.3 is 9.88 Å². The van der Waals surface area contributed by atoms with Crippen molar-refractivity contribution in [2.75, 3.05) is 6.54 Å². The van der Waals surface area contributed by atoms with Gasteiger partial charge in [-0.25, -0.2) is 0 Å². The van der Waals surface area contributed by atoms with Gasteiger partial charge in [-0.05, 0) is 48.3 Å². The Morgan fingerprint density at radius 2 is 2.38 bits per heavy atom. The molecule has 16 heavy (non-hydrogen) atoms. The minimum absolute atomic E-state index is 0.121. The summed E-state index contributed by atoms with van der Waals surface area (Å²) < 4.78 is 2.78. The maximum Gasteiger partial charge on any atom is 0.253 e. The molecule has 2 rings (SSSR count). The van der Waals surface area contributed by atoms with E-state index in [-0.39, 0.29) is 5.56 Å². The van der Waals surface area contributed by atoms with Crippen molar-refractivity contribution in [3.8, 4) is 0 Å². The Kier molecular flexibility index (Phi) is 3.82. The first-order valence-corrected chi connectivity index (χ1v) is 6.56. The molecule has 0 aromatic carbocycles. The molecule has 88 valence electrons. The highest BCUT2D eigenvalue weighted by Gasteiger charge is 2.14. The zero-order chi connectivity index (χ0) is 11.5. The molecule has 0 radical (unpaired) electrons. The van der Waals surface area contributed by atoms with Crippen LogP contribution in [-0.4, -0.2) is 17.2 Å². The van der Waals surface area contributed by atoms with Crippen LogP contribution in [0.2, 0.25) is 0 Å². The minimum Gasteiger partial charge on any atom is -0.313 e. The zero-order valence-electron chi connectivity index (χ0n) is 9.50. The molecule has 1 aliphatic rings. The summed E-state index contributed by atoms with van der Waals surface area (Å²) in [5, 5.41) is 3.46. The number of nitrogens with one attached hydrogen (secondary N) is 1. The number of pyridine rings is 1.